The summed E-state index contributed by atoms with van der Waals surface area (Å²) in [4.78, 5) is 12.7. The Balaban J connectivity index is 1.60. The Labute approximate surface area is 170 Å². The first-order valence-electron chi connectivity index (χ1n) is 9.57. The maximum atomic E-state index is 6.24. The Bertz CT molecular complexity index is 754. The smallest absolute Gasteiger partial charge is 0.191 e. The van der Waals surface area contributed by atoms with Gasteiger partial charge in [-0.3, -0.25) is 9.89 Å². The fraction of sp³-hybridized carbons (Fsp3) is 0.500. The molecular weight excluding hydrogens is 378 g/mol. The number of benzene rings is 1. The highest BCUT2D eigenvalue weighted by molar-refractivity contribution is 7.11. The van der Waals surface area contributed by atoms with Gasteiger partial charge in [-0.2, -0.15) is 0 Å². The Morgan fingerprint density at radius 3 is 2.81 bits per heavy atom. The van der Waals surface area contributed by atoms with Crippen molar-refractivity contribution in [1.82, 2.24) is 20.5 Å². The van der Waals surface area contributed by atoms with Crippen LogP contribution in [0, 0.1) is 0 Å². The first kappa shape index (κ1) is 20.1. The summed E-state index contributed by atoms with van der Waals surface area (Å²) >= 11 is 7.99. The predicted molar refractivity (Wildman–Crippen MR) is 115 cm³/mol. The highest BCUT2D eigenvalue weighted by atomic mass is 35.5. The van der Waals surface area contributed by atoms with Crippen molar-refractivity contribution in [3.8, 4) is 0 Å². The molecule has 0 bridgehead atoms. The van der Waals surface area contributed by atoms with Gasteiger partial charge in [0.15, 0.2) is 5.96 Å². The van der Waals surface area contributed by atoms with E-state index in [0.717, 1.165) is 42.0 Å². The summed E-state index contributed by atoms with van der Waals surface area (Å²) in [6, 6.07) is 8.48. The number of aryl methyl sites for hydroxylation is 1. The summed E-state index contributed by atoms with van der Waals surface area (Å²) in [6.07, 6.45) is 5.50. The van der Waals surface area contributed by atoms with Gasteiger partial charge in [-0.25, -0.2) is 4.98 Å². The molecule has 0 radical (unpaired) electrons. The van der Waals surface area contributed by atoms with Crippen molar-refractivity contribution in [3.05, 3.63) is 50.9 Å². The fourth-order valence-electron chi connectivity index (χ4n) is 3.39. The molecule has 2 N–H and O–H groups in total. The summed E-state index contributed by atoms with van der Waals surface area (Å²) in [6.45, 7) is 5.89. The van der Waals surface area contributed by atoms with Crippen molar-refractivity contribution in [2.75, 3.05) is 26.7 Å². The predicted octanol–water partition coefficient (Wildman–Crippen LogP) is 3.86. The lowest BCUT2D eigenvalue weighted by Crippen LogP contribution is -2.42. The molecule has 7 heteroatoms. The first-order chi connectivity index (χ1) is 13.2. The monoisotopic (exact) mass is 405 g/mol. The minimum Gasteiger partial charge on any atom is -0.354 e. The van der Waals surface area contributed by atoms with E-state index in [2.05, 4.69) is 44.6 Å². The Morgan fingerprint density at radius 2 is 2.15 bits per heavy atom. The van der Waals surface area contributed by atoms with Crippen LogP contribution >= 0.6 is 22.9 Å². The number of aliphatic imine (C=N–C) groups is 1. The van der Waals surface area contributed by atoms with Gasteiger partial charge in [0.1, 0.15) is 5.01 Å². The molecule has 0 aliphatic carbocycles. The number of halogens is 1. The van der Waals surface area contributed by atoms with Crippen LogP contribution in [0.25, 0.3) is 0 Å². The summed E-state index contributed by atoms with van der Waals surface area (Å²) in [5, 5.41) is 8.73. The van der Waals surface area contributed by atoms with Gasteiger partial charge in [0.2, 0.25) is 0 Å². The summed E-state index contributed by atoms with van der Waals surface area (Å²) in [5.74, 6) is 0.800. The number of hydrogen-bond donors (Lipinski definition) is 2. The average molecular weight is 406 g/mol. The molecule has 2 aromatic rings. The molecule has 1 fully saturated rings. The van der Waals surface area contributed by atoms with Gasteiger partial charge in [0.25, 0.3) is 0 Å². The lowest BCUT2D eigenvalue weighted by molar-refractivity contribution is 0.245. The van der Waals surface area contributed by atoms with Gasteiger partial charge in [-0.1, -0.05) is 30.7 Å². The minimum absolute atomic E-state index is 0.288. The third kappa shape index (κ3) is 5.67. The van der Waals surface area contributed by atoms with Gasteiger partial charge >= 0.3 is 0 Å². The molecule has 146 valence electrons. The zero-order valence-corrected chi connectivity index (χ0v) is 17.6. The van der Waals surface area contributed by atoms with E-state index >= 15 is 0 Å². The van der Waals surface area contributed by atoms with E-state index in [0.29, 0.717) is 6.54 Å². The Kier molecular flexibility index (Phi) is 7.50. The van der Waals surface area contributed by atoms with Crippen molar-refractivity contribution < 1.29 is 0 Å². The Morgan fingerprint density at radius 1 is 1.33 bits per heavy atom. The van der Waals surface area contributed by atoms with E-state index in [9.17, 15) is 0 Å². The first-order valence-corrected chi connectivity index (χ1v) is 10.8. The lowest BCUT2D eigenvalue weighted by Gasteiger charge is -2.29. The molecule has 2 heterocycles. The van der Waals surface area contributed by atoms with Crippen LogP contribution in [0.15, 0.2) is 35.5 Å². The zero-order chi connectivity index (χ0) is 19.1. The zero-order valence-electron chi connectivity index (χ0n) is 16.0. The second-order valence-corrected chi connectivity index (χ2v) is 8.33. The molecule has 1 saturated heterocycles. The normalized spacial score (nSPS) is 16.5. The molecule has 1 aromatic heterocycles. The van der Waals surface area contributed by atoms with E-state index in [1.165, 1.54) is 23.3 Å². The lowest BCUT2D eigenvalue weighted by atomic mass is 10.1. The molecule has 5 nitrogen and oxygen atoms in total. The molecule has 27 heavy (non-hydrogen) atoms. The maximum absolute atomic E-state index is 6.24. The molecular formula is C20H28ClN5S. The van der Waals surface area contributed by atoms with Crippen LogP contribution in [0.4, 0.5) is 0 Å². The number of nitrogens with zero attached hydrogens (tertiary/aromatic N) is 3. The molecule has 1 aliphatic heterocycles. The van der Waals surface area contributed by atoms with Crippen LogP contribution < -0.4 is 10.6 Å². The van der Waals surface area contributed by atoms with Crippen LogP contribution in [0.2, 0.25) is 5.02 Å². The molecule has 0 saturated carbocycles. The van der Waals surface area contributed by atoms with Crippen molar-refractivity contribution in [2.45, 2.75) is 38.8 Å². The number of hydrogen-bond acceptors (Lipinski definition) is 4. The average Bonchev–Trinajstić information content (AvgIpc) is 3.36. The van der Waals surface area contributed by atoms with Crippen LogP contribution in [0.5, 0.6) is 0 Å². The van der Waals surface area contributed by atoms with Crippen LogP contribution in [0.1, 0.15) is 41.3 Å². The van der Waals surface area contributed by atoms with Crippen molar-refractivity contribution >= 4 is 28.9 Å². The molecule has 1 atom stereocenters. The van der Waals surface area contributed by atoms with Crippen LogP contribution in [-0.4, -0.2) is 42.5 Å². The highest BCUT2D eigenvalue weighted by Crippen LogP contribution is 2.26. The summed E-state index contributed by atoms with van der Waals surface area (Å²) in [7, 11) is 1.80. The third-order valence-electron chi connectivity index (χ3n) is 4.86. The molecule has 1 aromatic carbocycles. The van der Waals surface area contributed by atoms with Gasteiger partial charge in [0.05, 0.1) is 12.6 Å². The van der Waals surface area contributed by atoms with E-state index in [1.807, 2.05) is 18.3 Å². The second-order valence-electron chi connectivity index (χ2n) is 6.69. The molecule has 0 spiro atoms. The van der Waals surface area contributed by atoms with Crippen LogP contribution in [0.3, 0.4) is 0 Å². The van der Waals surface area contributed by atoms with Crippen molar-refractivity contribution in [2.24, 2.45) is 4.99 Å². The van der Waals surface area contributed by atoms with E-state index < -0.39 is 0 Å². The van der Waals surface area contributed by atoms with Gasteiger partial charge in [-0.15, -0.1) is 11.3 Å². The fourth-order valence-corrected chi connectivity index (χ4v) is 4.39. The maximum Gasteiger partial charge on any atom is 0.191 e. The molecule has 1 aliphatic rings. The number of guanidine groups is 1. The van der Waals surface area contributed by atoms with E-state index in [1.54, 1.807) is 18.4 Å². The van der Waals surface area contributed by atoms with Gasteiger partial charge in [0, 0.05) is 29.7 Å². The topological polar surface area (TPSA) is 52.6 Å². The minimum atomic E-state index is 0.288. The van der Waals surface area contributed by atoms with E-state index in [-0.39, 0.29) is 6.04 Å². The number of nitrogens with one attached hydrogen (secondary N) is 2. The Hall–Kier alpha value is -1.63. The number of likely N-dealkylation sites (tertiary alicyclic amines) is 1. The molecule has 3 rings (SSSR count). The SMILES string of the molecule is CCc1cnc(CNC(=NC)NCC(c2cccc(Cl)c2)N2CCCC2)s1. The largest absolute Gasteiger partial charge is 0.354 e. The quantitative estimate of drug-likeness (QED) is 0.542. The number of rotatable bonds is 7. The summed E-state index contributed by atoms with van der Waals surface area (Å²) < 4.78 is 0. The summed E-state index contributed by atoms with van der Waals surface area (Å²) in [5.41, 5.74) is 1.25. The van der Waals surface area contributed by atoms with Crippen molar-refractivity contribution in [1.29, 1.82) is 0 Å². The third-order valence-corrected chi connectivity index (χ3v) is 6.24. The second kappa shape index (κ2) is 10.1. The van der Waals surface area contributed by atoms with Gasteiger partial charge in [-0.05, 0) is 50.0 Å². The van der Waals surface area contributed by atoms with Crippen LogP contribution in [-0.2, 0) is 13.0 Å². The molecule has 0 amide bonds. The van der Waals surface area contributed by atoms with Crippen molar-refractivity contribution in [3.63, 3.8) is 0 Å². The van der Waals surface area contributed by atoms with Gasteiger partial charge < -0.3 is 10.6 Å². The molecule has 1 unspecified atom stereocenters. The number of thiazole rings is 1. The number of aromatic nitrogens is 1. The highest BCUT2D eigenvalue weighted by Gasteiger charge is 2.23. The standard InChI is InChI=1S/C20H28ClN5S/c1-3-17-12-23-19(27-17)14-25-20(22-2)24-13-18(26-9-4-5-10-26)15-7-6-8-16(21)11-15/h6-8,11-12,18H,3-5,9-10,13-14H2,1-2H3,(H2,22,24,25). The van der Waals surface area contributed by atoms with E-state index in [4.69, 9.17) is 11.6 Å².